The largest absolute Gasteiger partial charge is 0.455 e. The van der Waals surface area contributed by atoms with E-state index in [1.54, 1.807) is 6.92 Å². The lowest BCUT2D eigenvalue weighted by molar-refractivity contribution is -0.167. The van der Waals surface area contributed by atoms with Gasteiger partial charge in [-0.1, -0.05) is 27.4 Å². The normalized spacial score (nSPS) is 28.4. The van der Waals surface area contributed by atoms with Crippen LogP contribution in [-0.2, 0) is 9.53 Å². The molecule has 0 saturated heterocycles. The number of hydrogen-bond donors (Lipinski definition) is 0. The van der Waals surface area contributed by atoms with Crippen molar-refractivity contribution in [3.8, 4) is 0 Å². The van der Waals surface area contributed by atoms with E-state index in [1.165, 1.54) is 12.8 Å². The molecule has 1 saturated carbocycles. The number of esters is 1. The molecule has 0 aromatic rings. The van der Waals surface area contributed by atoms with Gasteiger partial charge in [-0.05, 0) is 50.9 Å². The van der Waals surface area contributed by atoms with Gasteiger partial charge in [-0.25, -0.2) is 4.79 Å². The molecular formula is C15H26O2. The van der Waals surface area contributed by atoms with Crippen LogP contribution in [0.1, 0.15) is 59.8 Å². The highest BCUT2D eigenvalue weighted by molar-refractivity contribution is 5.87. The monoisotopic (exact) mass is 238 g/mol. The number of hydrogen-bond acceptors (Lipinski definition) is 2. The van der Waals surface area contributed by atoms with Gasteiger partial charge in [-0.15, -0.1) is 0 Å². The lowest BCUT2D eigenvalue weighted by Gasteiger charge is -2.40. The standard InChI is InChI=1S/C15H26O2/c1-6-13(7-2)15(10-8-9-12(15)5)17-14(16)11(3)4/h12-13H,3,6-10H2,1-2,4-5H3. The van der Waals surface area contributed by atoms with Gasteiger partial charge in [0.2, 0.25) is 0 Å². The van der Waals surface area contributed by atoms with Crippen molar-refractivity contribution in [1.29, 1.82) is 0 Å². The Labute approximate surface area is 105 Å². The van der Waals surface area contributed by atoms with Gasteiger partial charge in [0, 0.05) is 5.57 Å². The van der Waals surface area contributed by atoms with Crippen molar-refractivity contribution in [2.45, 2.75) is 65.4 Å². The van der Waals surface area contributed by atoms with Crippen molar-refractivity contribution < 1.29 is 9.53 Å². The Morgan fingerprint density at radius 2 is 2.06 bits per heavy atom. The zero-order valence-electron chi connectivity index (χ0n) is 11.7. The summed E-state index contributed by atoms with van der Waals surface area (Å²) < 4.78 is 5.88. The summed E-state index contributed by atoms with van der Waals surface area (Å²) in [7, 11) is 0. The fraction of sp³-hybridized carbons (Fsp3) is 0.800. The van der Waals surface area contributed by atoms with Crippen molar-refractivity contribution in [2.75, 3.05) is 0 Å². The first-order valence-corrected chi connectivity index (χ1v) is 6.86. The Bertz CT molecular complexity index is 291. The summed E-state index contributed by atoms with van der Waals surface area (Å²) in [6, 6.07) is 0. The summed E-state index contributed by atoms with van der Waals surface area (Å²) in [5.74, 6) is 0.727. The second-order valence-corrected chi connectivity index (χ2v) is 5.43. The molecule has 1 aliphatic carbocycles. The molecule has 2 unspecified atom stereocenters. The molecule has 0 N–H and O–H groups in total. The van der Waals surface area contributed by atoms with Crippen LogP contribution < -0.4 is 0 Å². The molecule has 1 aliphatic rings. The summed E-state index contributed by atoms with van der Waals surface area (Å²) in [4.78, 5) is 11.9. The zero-order valence-corrected chi connectivity index (χ0v) is 11.7. The first-order chi connectivity index (χ1) is 7.97. The minimum atomic E-state index is -0.237. The van der Waals surface area contributed by atoms with E-state index in [-0.39, 0.29) is 11.6 Å². The Hall–Kier alpha value is -0.790. The number of carbonyl (C=O) groups excluding carboxylic acids is 1. The maximum Gasteiger partial charge on any atom is 0.333 e. The molecule has 0 radical (unpaired) electrons. The van der Waals surface area contributed by atoms with Gasteiger partial charge in [0.1, 0.15) is 5.60 Å². The van der Waals surface area contributed by atoms with Gasteiger partial charge in [-0.2, -0.15) is 0 Å². The second kappa shape index (κ2) is 5.70. The van der Waals surface area contributed by atoms with E-state index >= 15 is 0 Å². The lowest BCUT2D eigenvalue weighted by Crippen LogP contribution is -2.44. The first-order valence-electron chi connectivity index (χ1n) is 6.86. The molecule has 0 amide bonds. The molecule has 0 aromatic carbocycles. The van der Waals surface area contributed by atoms with Gasteiger partial charge in [-0.3, -0.25) is 0 Å². The van der Waals surface area contributed by atoms with E-state index in [9.17, 15) is 4.79 Å². The quantitative estimate of drug-likeness (QED) is 0.532. The van der Waals surface area contributed by atoms with E-state index in [0.29, 0.717) is 17.4 Å². The van der Waals surface area contributed by atoms with Crippen molar-refractivity contribution in [1.82, 2.24) is 0 Å². The number of rotatable bonds is 5. The van der Waals surface area contributed by atoms with Gasteiger partial charge < -0.3 is 4.74 Å². The first kappa shape index (κ1) is 14.3. The van der Waals surface area contributed by atoms with Gasteiger partial charge >= 0.3 is 5.97 Å². The van der Waals surface area contributed by atoms with Crippen LogP contribution in [-0.4, -0.2) is 11.6 Å². The highest BCUT2D eigenvalue weighted by Crippen LogP contribution is 2.46. The molecular weight excluding hydrogens is 212 g/mol. The third-order valence-electron chi connectivity index (χ3n) is 4.35. The van der Waals surface area contributed by atoms with Crippen LogP contribution in [0.5, 0.6) is 0 Å². The smallest absolute Gasteiger partial charge is 0.333 e. The summed E-state index contributed by atoms with van der Waals surface area (Å²) in [6.07, 6.45) is 5.50. The minimum Gasteiger partial charge on any atom is -0.455 e. The van der Waals surface area contributed by atoms with Gasteiger partial charge in [0.05, 0.1) is 0 Å². The topological polar surface area (TPSA) is 26.3 Å². The third-order valence-corrected chi connectivity index (χ3v) is 4.35. The molecule has 0 aliphatic heterocycles. The van der Waals surface area contributed by atoms with Crippen molar-refractivity contribution in [3.05, 3.63) is 12.2 Å². The summed E-state index contributed by atoms with van der Waals surface area (Å²) >= 11 is 0. The van der Waals surface area contributed by atoms with Crippen LogP contribution in [0.3, 0.4) is 0 Å². The fourth-order valence-corrected chi connectivity index (χ4v) is 3.26. The molecule has 1 rings (SSSR count). The molecule has 2 nitrogen and oxygen atoms in total. The molecule has 0 bridgehead atoms. The van der Waals surface area contributed by atoms with Crippen LogP contribution in [0.15, 0.2) is 12.2 Å². The van der Waals surface area contributed by atoms with Crippen LogP contribution in [0.2, 0.25) is 0 Å². The van der Waals surface area contributed by atoms with Crippen molar-refractivity contribution in [2.24, 2.45) is 11.8 Å². The molecule has 0 aromatic heterocycles. The fourth-order valence-electron chi connectivity index (χ4n) is 3.26. The molecule has 98 valence electrons. The molecule has 0 spiro atoms. The highest BCUT2D eigenvalue weighted by atomic mass is 16.6. The van der Waals surface area contributed by atoms with Crippen LogP contribution >= 0.6 is 0 Å². The van der Waals surface area contributed by atoms with E-state index in [1.807, 2.05) is 0 Å². The van der Waals surface area contributed by atoms with E-state index in [0.717, 1.165) is 19.3 Å². The Kier molecular flexibility index (Phi) is 4.79. The van der Waals surface area contributed by atoms with Gasteiger partial charge in [0.25, 0.3) is 0 Å². The summed E-state index contributed by atoms with van der Waals surface area (Å²) in [5, 5.41) is 0. The maximum absolute atomic E-state index is 11.9. The predicted molar refractivity (Wildman–Crippen MR) is 70.7 cm³/mol. The molecule has 2 atom stereocenters. The second-order valence-electron chi connectivity index (χ2n) is 5.43. The van der Waals surface area contributed by atoms with E-state index in [2.05, 4.69) is 27.4 Å². The minimum absolute atomic E-state index is 0.217. The van der Waals surface area contributed by atoms with Gasteiger partial charge in [0.15, 0.2) is 0 Å². The average Bonchev–Trinajstić information content (AvgIpc) is 2.63. The van der Waals surface area contributed by atoms with Crippen LogP contribution in [0, 0.1) is 11.8 Å². The molecule has 17 heavy (non-hydrogen) atoms. The van der Waals surface area contributed by atoms with Crippen LogP contribution in [0.4, 0.5) is 0 Å². The number of carbonyl (C=O) groups is 1. The molecule has 0 heterocycles. The summed E-state index contributed by atoms with van der Waals surface area (Å²) in [6.45, 7) is 12.0. The van der Waals surface area contributed by atoms with Crippen molar-refractivity contribution >= 4 is 5.97 Å². The highest BCUT2D eigenvalue weighted by Gasteiger charge is 2.48. The third kappa shape index (κ3) is 2.72. The predicted octanol–water partition coefficient (Wildman–Crippen LogP) is 4.10. The zero-order chi connectivity index (χ0) is 13.1. The Morgan fingerprint density at radius 1 is 1.47 bits per heavy atom. The van der Waals surface area contributed by atoms with E-state index < -0.39 is 0 Å². The number of ether oxygens (including phenoxy) is 1. The Morgan fingerprint density at radius 3 is 2.41 bits per heavy atom. The Balaban J connectivity index is 2.94. The average molecular weight is 238 g/mol. The van der Waals surface area contributed by atoms with Crippen LogP contribution in [0.25, 0.3) is 0 Å². The van der Waals surface area contributed by atoms with Crippen molar-refractivity contribution in [3.63, 3.8) is 0 Å². The SMILES string of the molecule is C=C(C)C(=O)OC1(C(CC)CC)CCCC1C. The molecule has 2 heteroatoms. The maximum atomic E-state index is 11.9. The van der Waals surface area contributed by atoms with E-state index in [4.69, 9.17) is 4.74 Å². The summed E-state index contributed by atoms with van der Waals surface area (Å²) in [5.41, 5.74) is 0.272. The lowest BCUT2D eigenvalue weighted by atomic mass is 9.76. The molecule has 1 fully saturated rings.